The highest BCUT2D eigenvalue weighted by Crippen LogP contribution is 2.16. The summed E-state index contributed by atoms with van der Waals surface area (Å²) in [6, 6.07) is 11.0. The molecule has 4 heteroatoms. The third-order valence-corrected chi connectivity index (χ3v) is 3.71. The molecular weight excluding hydrogens is 260 g/mol. The normalized spacial score (nSPS) is 12.8. The van der Waals surface area contributed by atoms with Gasteiger partial charge in [-0.1, -0.05) is 37.3 Å². The highest BCUT2D eigenvalue weighted by molar-refractivity contribution is 5.19. The molecule has 21 heavy (non-hydrogen) atoms. The van der Waals surface area contributed by atoms with Crippen molar-refractivity contribution in [2.75, 3.05) is 20.6 Å². The van der Waals surface area contributed by atoms with E-state index >= 15 is 0 Å². The van der Waals surface area contributed by atoms with E-state index in [1.54, 1.807) is 0 Å². The van der Waals surface area contributed by atoms with Crippen LogP contribution in [0, 0.1) is 0 Å². The van der Waals surface area contributed by atoms with Crippen molar-refractivity contribution in [2.45, 2.75) is 32.5 Å². The summed E-state index contributed by atoms with van der Waals surface area (Å²) >= 11 is 0. The summed E-state index contributed by atoms with van der Waals surface area (Å²) in [7, 11) is 4.25. The number of nitrogens with one attached hydrogen (secondary N) is 1. The van der Waals surface area contributed by atoms with Crippen molar-refractivity contribution in [3.63, 3.8) is 0 Å². The van der Waals surface area contributed by atoms with E-state index in [-0.39, 0.29) is 0 Å². The van der Waals surface area contributed by atoms with Crippen LogP contribution in [-0.4, -0.2) is 35.1 Å². The van der Waals surface area contributed by atoms with E-state index < -0.39 is 0 Å². The first-order valence-electron chi connectivity index (χ1n) is 7.63. The van der Waals surface area contributed by atoms with Gasteiger partial charge in [-0.3, -0.25) is 0 Å². The molecule has 0 spiro atoms. The van der Waals surface area contributed by atoms with Gasteiger partial charge < -0.3 is 14.8 Å². The Morgan fingerprint density at radius 1 is 1.24 bits per heavy atom. The van der Waals surface area contributed by atoms with E-state index in [9.17, 15) is 0 Å². The second kappa shape index (κ2) is 7.96. The molecule has 0 aliphatic carbocycles. The molecule has 1 heterocycles. The Morgan fingerprint density at radius 3 is 2.67 bits per heavy atom. The van der Waals surface area contributed by atoms with Crippen LogP contribution in [0.2, 0.25) is 0 Å². The maximum atomic E-state index is 4.24. The molecule has 0 saturated carbocycles. The minimum Gasteiger partial charge on any atom is -0.333 e. The average Bonchev–Trinajstić information content (AvgIpc) is 2.92. The van der Waals surface area contributed by atoms with Gasteiger partial charge in [0, 0.05) is 31.9 Å². The minimum atomic E-state index is 0.383. The lowest BCUT2D eigenvalue weighted by atomic mass is 10.1. The maximum Gasteiger partial charge on any atom is 0.0948 e. The van der Waals surface area contributed by atoms with Gasteiger partial charge in [-0.15, -0.1) is 0 Å². The first-order chi connectivity index (χ1) is 10.2. The topological polar surface area (TPSA) is 33.1 Å². The number of nitrogens with zero attached hydrogens (tertiary/aromatic N) is 3. The lowest BCUT2D eigenvalue weighted by molar-refractivity contribution is 0.287. The van der Waals surface area contributed by atoms with Crippen LogP contribution >= 0.6 is 0 Å². The van der Waals surface area contributed by atoms with Crippen LogP contribution in [-0.2, 0) is 13.1 Å². The first-order valence-corrected chi connectivity index (χ1v) is 7.63. The van der Waals surface area contributed by atoms with Crippen molar-refractivity contribution in [1.29, 1.82) is 0 Å². The summed E-state index contributed by atoms with van der Waals surface area (Å²) in [6.45, 7) is 5.01. The summed E-state index contributed by atoms with van der Waals surface area (Å²) in [5.74, 6) is 0. The van der Waals surface area contributed by atoms with Crippen molar-refractivity contribution in [1.82, 2.24) is 19.8 Å². The van der Waals surface area contributed by atoms with Crippen LogP contribution in [0.3, 0.4) is 0 Å². The number of likely N-dealkylation sites (N-methyl/N-ethyl adjacent to an activating group) is 1. The summed E-state index contributed by atoms with van der Waals surface area (Å²) in [5.41, 5.74) is 2.60. The Bertz CT molecular complexity index is 519. The van der Waals surface area contributed by atoms with Crippen LogP contribution in [0.5, 0.6) is 0 Å². The molecule has 1 aromatic heterocycles. The van der Waals surface area contributed by atoms with Gasteiger partial charge in [0.25, 0.3) is 0 Å². The summed E-state index contributed by atoms with van der Waals surface area (Å²) in [5, 5.41) is 3.56. The van der Waals surface area contributed by atoms with E-state index in [4.69, 9.17) is 0 Å². The maximum absolute atomic E-state index is 4.24. The highest BCUT2D eigenvalue weighted by atomic mass is 15.1. The second-order valence-electron chi connectivity index (χ2n) is 5.60. The highest BCUT2D eigenvalue weighted by Gasteiger charge is 2.13. The van der Waals surface area contributed by atoms with E-state index in [2.05, 4.69) is 71.1 Å². The molecule has 0 aliphatic heterocycles. The number of benzene rings is 1. The average molecular weight is 286 g/mol. The molecule has 0 aliphatic rings. The number of imidazole rings is 1. The van der Waals surface area contributed by atoms with Crippen LogP contribution in [0.4, 0.5) is 0 Å². The zero-order valence-electron chi connectivity index (χ0n) is 13.3. The number of aromatic nitrogens is 2. The molecule has 0 saturated heterocycles. The fourth-order valence-electron chi connectivity index (χ4n) is 2.55. The number of rotatable bonds is 8. The Morgan fingerprint density at radius 2 is 2.00 bits per heavy atom. The zero-order chi connectivity index (χ0) is 15.1. The van der Waals surface area contributed by atoms with Gasteiger partial charge in [-0.2, -0.15) is 0 Å². The zero-order valence-corrected chi connectivity index (χ0v) is 13.3. The molecule has 2 aromatic rings. The molecule has 1 aromatic carbocycles. The van der Waals surface area contributed by atoms with Crippen molar-refractivity contribution in [3.05, 3.63) is 54.1 Å². The standard InChI is InChI=1S/C17H26N4/c1-4-10-21-14-19-12-16(21)11-18-13-17(20(2)3)15-8-6-5-7-9-15/h5-9,12,14,17-18H,4,10-11,13H2,1-3H3. The number of hydrogen-bond acceptors (Lipinski definition) is 3. The quantitative estimate of drug-likeness (QED) is 0.810. The van der Waals surface area contributed by atoms with Gasteiger partial charge in [0.2, 0.25) is 0 Å². The molecule has 1 unspecified atom stereocenters. The molecule has 0 radical (unpaired) electrons. The van der Waals surface area contributed by atoms with Gasteiger partial charge in [0.1, 0.15) is 0 Å². The Labute approximate surface area is 127 Å². The van der Waals surface area contributed by atoms with Gasteiger partial charge in [-0.05, 0) is 26.1 Å². The molecular formula is C17H26N4. The molecule has 0 fully saturated rings. The third-order valence-electron chi connectivity index (χ3n) is 3.71. The largest absolute Gasteiger partial charge is 0.333 e. The Hall–Kier alpha value is -1.65. The summed E-state index contributed by atoms with van der Waals surface area (Å²) < 4.78 is 2.22. The van der Waals surface area contributed by atoms with E-state index in [1.807, 2.05) is 12.5 Å². The molecule has 0 amide bonds. The molecule has 114 valence electrons. The molecule has 1 atom stereocenters. The predicted molar refractivity (Wildman–Crippen MR) is 87.1 cm³/mol. The van der Waals surface area contributed by atoms with Crippen molar-refractivity contribution >= 4 is 0 Å². The monoisotopic (exact) mass is 286 g/mol. The van der Waals surface area contributed by atoms with Crippen molar-refractivity contribution in [3.8, 4) is 0 Å². The van der Waals surface area contributed by atoms with E-state index in [1.165, 1.54) is 11.3 Å². The van der Waals surface area contributed by atoms with Crippen molar-refractivity contribution < 1.29 is 0 Å². The Kier molecular flexibility index (Phi) is 5.96. The Balaban J connectivity index is 1.92. The second-order valence-corrected chi connectivity index (χ2v) is 5.60. The first kappa shape index (κ1) is 15.7. The van der Waals surface area contributed by atoms with Crippen LogP contribution in [0.15, 0.2) is 42.9 Å². The summed E-state index contributed by atoms with van der Waals surface area (Å²) in [6.07, 6.45) is 5.00. The molecule has 2 rings (SSSR count). The van der Waals surface area contributed by atoms with Gasteiger partial charge in [0.05, 0.1) is 12.0 Å². The van der Waals surface area contributed by atoms with Gasteiger partial charge in [-0.25, -0.2) is 4.98 Å². The molecule has 4 nitrogen and oxygen atoms in total. The van der Waals surface area contributed by atoms with Crippen LogP contribution in [0.1, 0.15) is 30.6 Å². The fourth-order valence-corrected chi connectivity index (χ4v) is 2.55. The molecule has 1 N–H and O–H groups in total. The lowest BCUT2D eigenvalue weighted by Gasteiger charge is -2.25. The van der Waals surface area contributed by atoms with Gasteiger partial charge >= 0.3 is 0 Å². The van der Waals surface area contributed by atoms with E-state index in [0.717, 1.165) is 26.1 Å². The number of hydrogen-bond donors (Lipinski definition) is 1. The van der Waals surface area contributed by atoms with Crippen molar-refractivity contribution in [2.24, 2.45) is 0 Å². The number of aryl methyl sites for hydroxylation is 1. The van der Waals surface area contributed by atoms with Crippen LogP contribution < -0.4 is 5.32 Å². The van der Waals surface area contributed by atoms with Crippen LogP contribution in [0.25, 0.3) is 0 Å². The minimum absolute atomic E-state index is 0.383. The predicted octanol–water partition coefficient (Wildman–Crippen LogP) is 2.69. The SMILES string of the molecule is CCCn1cncc1CNCC(c1ccccc1)N(C)C. The summed E-state index contributed by atoms with van der Waals surface area (Å²) in [4.78, 5) is 6.50. The van der Waals surface area contributed by atoms with Gasteiger partial charge in [0.15, 0.2) is 0 Å². The third kappa shape index (κ3) is 4.41. The lowest BCUT2D eigenvalue weighted by Crippen LogP contribution is -2.31. The smallest absolute Gasteiger partial charge is 0.0948 e. The molecule has 0 bridgehead atoms. The van der Waals surface area contributed by atoms with E-state index in [0.29, 0.717) is 6.04 Å². The fraction of sp³-hybridized carbons (Fsp3) is 0.471.